The minimum absolute atomic E-state index is 0.0117. The Morgan fingerprint density at radius 3 is 2.69 bits per heavy atom. The molecule has 13 heavy (non-hydrogen) atoms. The molecule has 0 aliphatic carbocycles. The molecule has 2 atom stereocenters. The summed E-state index contributed by atoms with van der Waals surface area (Å²) in [5.41, 5.74) is 0. The second kappa shape index (κ2) is 3.62. The number of ether oxygens (including phenoxy) is 2. The quantitative estimate of drug-likeness (QED) is 0.517. The molecule has 1 saturated heterocycles. The second-order valence-electron chi connectivity index (χ2n) is 3.00. The van der Waals surface area contributed by atoms with Gasteiger partial charge in [-0.1, -0.05) is 24.8 Å². The Hall–Kier alpha value is -1.28. The predicted molar refractivity (Wildman–Crippen MR) is 50.8 cm³/mol. The molecule has 2 heteroatoms. The molecule has 1 aromatic rings. The van der Waals surface area contributed by atoms with Crippen LogP contribution in [0.4, 0.5) is 0 Å². The van der Waals surface area contributed by atoms with Crippen LogP contribution in [0.25, 0.3) is 0 Å². The number of hydrogen-bond donors (Lipinski definition) is 0. The van der Waals surface area contributed by atoms with Crippen molar-refractivity contribution in [1.82, 2.24) is 0 Å². The molecule has 1 aromatic carbocycles. The largest absolute Gasteiger partial charge is 0.484 e. The fourth-order valence-electron chi connectivity index (χ4n) is 1.18. The molecule has 1 aliphatic heterocycles. The van der Waals surface area contributed by atoms with Crippen molar-refractivity contribution in [1.29, 1.82) is 0 Å². The summed E-state index contributed by atoms with van der Waals surface area (Å²) in [6, 6.07) is 9.72. The molecular formula is C11H12O2. The van der Waals surface area contributed by atoms with Gasteiger partial charge in [0.15, 0.2) is 0 Å². The summed E-state index contributed by atoms with van der Waals surface area (Å²) in [6.07, 6.45) is 1.98. The van der Waals surface area contributed by atoms with Crippen LogP contribution in [0.5, 0.6) is 5.75 Å². The summed E-state index contributed by atoms with van der Waals surface area (Å²) in [7, 11) is 0. The summed E-state index contributed by atoms with van der Waals surface area (Å²) < 4.78 is 10.8. The molecule has 0 radical (unpaired) electrons. The number of epoxide rings is 1. The van der Waals surface area contributed by atoms with Gasteiger partial charge in [-0.3, -0.25) is 0 Å². The maximum atomic E-state index is 5.64. The monoisotopic (exact) mass is 176 g/mol. The molecule has 0 N–H and O–H groups in total. The first-order valence-corrected chi connectivity index (χ1v) is 4.36. The zero-order chi connectivity index (χ0) is 9.10. The first-order valence-electron chi connectivity index (χ1n) is 4.36. The third-order valence-electron chi connectivity index (χ3n) is 1.97. The molecule has 2 unspecified atom stereocenters. The van der Waals surface area contributed by atoms with E-state index < -0.39 is 0 Å². The highest BCUT2D eigenvalue weighted by molar-refractivity contribution is 5.22. The molecule has 0 spiro atoms. The van der Waals surface area contributed by atoms with E-state index in [1.54, 1.807) is 6.08 Å². The van der Waals surface area contributed by atoms with E-state index in [0.717, 1.165) is 12.4 Å². The average Bonchev–Trinajstić information content (AvgIpc) is 2.99. The number of rotatable bonds is 4. The molecule has 1 fully saturated rings. The first kappa shape index (κ1) is 8.32. The van der Waals surface area contributed by atoms with Crippen molar-refractivity contribution in [3.05, 3.63) is 43.0 Å². The minimum Gasteiger partial charge on any atom is -0.484 e. The topological polar surface area (TPSA) is 21.8 Å². The lowest BCUT2D eigenvalue weighted by Gasteiger charge is -2.12. The van der Waals surface area contributed by atoms with Crippen LogP contribution in [0.2, 0.25) is 0 Å². The van der Waals surface area contributed by atoms with Gasteiger partial charge in [0.25, 0.3) is 0 Å². The van der Waals surface area contributed by atoms with Gasteiger partial charge in [0.05, 0.1) is 6.61 Å². The fraction of sp³-hybridized carbons (Fsp3) is 0.273. The second-order valence-corrected chi connectivity index (χ2v) is 3.00. The standard InChI is InChI=1S/C11H12O2/c1-2-10(11-8-12-11)13-9-6-4-3-5-7-9/h2-7,10-11H,1,8H2. The zero-order valence-corrected chi connectivity index (χ0v) is 7.35. The normalized spacial score (nSPS) is 22.0. The summed E-state index contributed by atoms with van der Waals surface area (Å²) >= 11 is 0. The van der Waals surface area contributed by atoms with Crippen LogP contribution in [0.3, 0.4) is 0 Å². The highest BCUT2D eigenvalue weighted by atomic mass is 16.6. The Bertz CT molecular complexity index is 277. The minimum atomic E-state index is -0.0117. The lowest BCUT2D eigenvalue weighted by molar-refractivity contribution is 0.201. The lowest BCUT2D eigenvalue weighted by atomic mass is 10.2. The molecule has 1 aliphatic rings. The first-order chi connectivity index (χ1) is 6.40. The zero-order valence-electron chi connectivity index (χ0n) is 7.35. The number of benzene rings is 1. The van der Waals surface area contributed by atoms with Crippen molar-refractivity contribution in [3.8, 4) is 5.75 Å². The van der Waals surface area contributed by atoms with Gasteiger partial charge in [-0.15, -0.1) is 0 Å². The van der Waals surface area contributed by atoms with Crippen LogP contribution >= 0.6 is 0 Å². The molecule has 68 valence electrons. The van der Waals surface area contributed by atoms with Crippen molar-refractivity contribution < 1.29 is 9.47 Å². The molecule has 0 aromatic heterocycles. The predicted octanol–water partition coefficient (Wildman–Crippen LogP) is 2.02. The molecule has 1 heterocycles. The van der Waals surface area contributed by atoms with Crippen molar-refractivity contribution in [2.45, 2.75) is 12.2 Å². The van der Waals surface area contributed by atoms with Gasteiger partial charge in [0.2, 0.25) is 0 Å². The van der Waals surface area contributed by atoms with E-state index in [-0.39, 0.29) is 12.2 Å². The Morgan fingerprint density at radius 2 is 2.15 bits per heavy atom. The van der Waals surface area contributed by atoms with Gasteiger partial charge in [-0.2, -0.15) is 0 Å². The third-order valence-corrected chi connectivity index (χ3v) is 1.97. The van der Waals surface area contributed by atoms with Crippen molar-refractivity contribution in [2.24, 2.45) is 0 Å². The van der Waals surface area contributed by atoms with Crippen LogP contribution in [0.15, 0.2) is 43.0 Å². The van der Waals surface area contributed by atoms with E-state index >= 15 is 0 Å². The molecule has 2 nitrogen and oxygen atoms in total. The highest BCUT2D eigenvalue weighted by Gasteiger charge is 2.32. The Balaban J connectivity index is 1.99. The average molecular weight is 176 g/mol. The van der Waals surface area contributed by atoms with E-state index in [1.807, 2.05) is 30.3 Å². The van der Waals surface area contributed by atoms with Crippen LogP contribution in [-0.4, -0.2) is 18.8 Å². The molecule has 2 rings (SSSR count). The summed E-state index contributed by atoms with van der Waals surface area (Å²) in [4.78, 5) is 0. The van der Waals surface area contributed by atoms with E-state index in [9.17, 15) is 0 Å². The van der Waals surface area contributed by atoms with Crippen LogP contribution in [0.1, 0.15) is 0 Å². The van der Waals surface area contributed by atoms with Gasteiger partial charge < -0.3 is 9.47 Å². The highest BCUT2D eigenvalue weighted by Crippen LogP contribution is 2.20. The number of hydrogen-bond acceptors (Lipinski definition) is 2. The lowest BCUT2D eigenvalue weighted by Crippen LogP contribution is -2.19. The van der Waals surface area contributed by atoms with Crippen molar-refractivity contribution in [2.75, 3.05) is 6.61 Å². The van der Waals surface area contributed by atoms with Gasteiger partial charge in [0.1, 0.15) is 18.0 Å². The molecule has 0 bridgehead atoms. The summed E-state index contributed by atoms with van der Waals surface area (Å²) in [6.45, 7) is 4.49. The van der Waals surface area contributed by atoms with Crippen LogP contribution in [-0.2, 0) is 4.74 Å². The third kappa shape index (κ3) is 2.10. The van der Waals surface area contributed by atoms with E-state index in [2.05, 4.69) is 6.58 Å². The van der Waals surface area contributed by atoms with Gasteiger partial charge in [-0.25, -0.2) is 0 Å². The van der Waals surface area contributed by atoms with Crippen LogP contribution in [0, 0.1) is 0 Å². The van der Waals surface area contributed by atoms with Crippen molar-refractivity contribution in [3.63, 3.8) is 0 Å². The van der Waals surface area contributed by atoms with E-state index in [0.29, 0.717) is 0 Å². The maximum absolute atomic E-state index is 5.64. The van der Waals surface area contributed by atoms with Crippen molar-refractivity contribution >= 4 is 0 Å². The fourth-order valence-corrected chi connectivity index (χ4v) is 1.18. The van der Waals surface area contributed by atoms with E-state index in [1.165, 1.54) is 0 Å². The summed E-state index contributed by atoms with van der Waals surface area (Å²) in [5.74, 6) is 0.864. The molecule has 0 saturated carbocycles. The van der Waals surface area contributed by atoms with E-state index in [4.69, 9.17) is 9.47 Å². The summed E-state index contributed by atoms with van der Waals surface area (Å²) in [5, 5.41) is 0. The van der Waals surface area contributed by atoms with Gasteiger partial charge in [0, 0.05) is 0 Å². The van der Waals surface area contributed by atoms with Crippen LogP contribution < -0.4 is 4.74 Å². The van der Waals surface area contributed by atoms with Gasteiger partial charge >= 0.3 is 0 Å². The Labute approximate surface area is 77.8 Å². The Morgan fingerprint density at radius 1 is 1.46 bits per heavy atom. The number of para-hydroxylation sites is 1. The molecular weight excluding hydrogens is 164 g/mol. The Kier molecular flexibility index (Phi) is 2.32. The maximum Gasteiger partial charge on any atom is 0.145 e. The molecule has 0 amide bonds. The van der Waals surface area contributed by atoms with Gasteiger partial charge in [-0.05, 0) is 18.2 Å². The SMILES string of the molecule is C=CC(Oc1ccccc1)C1CO1. The smallest absolute Gasteiger partial charge is 0.145 e.